The average molecular weight is 344 g/mol. The first-order chi connectivity index (χ1) is 11.8. The molecule has 7 heteroatoms. The minimum absolute atomic E-state index is 0.961. The molecule has 0 radical (unpaired) electrons. The van der Waals surface area contributed by atoms with Gasteiger partial charge in [0.1, 0.15) is 12.1 Å². The van der Waals surface area contributed by atoms with E-state index < -0.39 is 0 Å². The van der Waals surface area contributed by atoms with Gasteiger partial charge in [0.2, 0.25) is 0 Å². The molecule has 2 aromatic rings. The fourth-order valence-electron chi connectivity index (χ4n) is 3.59. The van der Waals surface area contributed by atoms with Gasteiger partial charge in [-0.1, -0.05) is 6.92 Å². The lowest BCUT2D eigenvalue weighted by atomic mass is 10.1. The summed E-state index contributed by atoms with van der Waals surface area (Å²) in [5, 5.41) is 2.15. The second-order valence-electron chi connectivity index (χ2n) is 6.48. The Morgan fingerprint density at radius 3 is 2.67 bits per heavy atom. The third-order valence-corrected chi connectivity index (χ3v) is 5.68. The van der Waals surface area contributed by atoms with E-state index in [9.17, 15) is 0 Å². The van der Waals surface area contributed by atoms with Gasteiger partial charge in [-0.25, -0.2) is 15.0 Å². The summed E-state index contributed by atoms with van der Waals surface area (Å²) in [4.78, 5) is 21.0. The highest BCUT2D eigenvalue weighted by atomic mass is 32.1. The maximum absolute atomic E-state index is 4.64. The molecular formula is C17H24N6S. The summed E-state index contributed by atoms with van der Waals surface area (Å²) < 4.78 is 0. The van der Waals surface area contributed by atoms with Gasteiger partial charge in [0.05, 0.1) is 16.9 Å². The van der Waals surface area contributed by atoms with Gasteiger partial charge in [0.25, 0.3) is 0 Å². The smallest absolute Gasteiger partial charge is 0.136 e. The van der Waals surface area contributed by atoms with Crippen LogP contribution in [0.5, 0.6) is 0 Å². The molecule has 0 aliphatic carbocycles. The van der Waals surface area contributed by atoms with Gasteiger partial charge >= 0.3 is 0 Å². The van der Waals surface area contributed by atoms with E-state index in [4.69, 9.17) is 0 Å². The molecule has 4 rings (SSSR count). The Bertz CT molecular complexity index is 666. The van der Waals surface area contributed by atoms with E-state index in [1.54, 1.807) is 17.7 Å². The zero-order chi connectivity index (χ0) is 16.4. The van der Waals surface area contributed by atoms with Crippen molar-refractivity contribution in [3.05, 3.63) is 34.2 Å². The fourth-order valence-corrected chi connectivity index (χ4v) is 4.14. The molecular weight excluding hydrogens is 320 g/mol. The van der Waals surface area contributed by atoms with Crippen molar-refractivity contribution in [2.75, 3.05) is 44.2 Å². The van der Waals surface area contributed by atoms with Crippen LogP contribution in [0.3, 0.4) is 0 Å². The number of fused-ring (bicyclic) bond motifs is 1. The van der Waals surface area contributed by atoms with Gasteiger partial charge in [-0.3, -0.25) is 9.80 Å². The predicted molar refractivity (Wildman–Crippen MR) is 96.3 cm³/mol. The first kappa shape index (κ1) is 15.9. The van der Waals surface area contributed by atoms with Crippen LogP contribution >= 0.6 is 11.3 Å². The van der Waals surface area contributed by atoms with Gasteiger partial charge in [-0.05, 0) is 6.54 Å². The molecule has 0 unspecified atom stereocenters. The highest BCUT2D eigenvalue weighted by molar-refractivity contribution is 7.07. The molecule has 128 valence electrons. The summed E-state index contributed by atoms with van der Waals surface area (Å²) in [5.74, 6) is 1.16. The van der Waals surface area contributed by atoms with Crippen molar-refractivity contribution in [2.24, 2.45) is 0 Å². The van der Waals surface area contributed by atoms with Gasteiger partial charge in [-0.2, -0.15) is 0 Å². The van der Waals surface area contributed by atoms with Gasteiger partial charge in [-0.15, -0.1) is 11.3 Å². The SMILES string of the molecule is CCN1CCc2ncnc(N3CCN(Cc4cscn4)CC3)c2C1. The number of hydrogen-bond acceptors (Lipinski definition) is 7. The Hall–Kier alpha value is -1.57. The van der Waals surface area contributed by atoms with Gasteiger partial charge in [0.15, 0.2) is 0 Å². The van der Waals surface area contributed by atoms with Crippen LogP contribution in [-0.2, 0) is 19.5 Å². The van der Waals surface area contributed by atoms with E-state index in [1.165, 1.54) is 17.0 Å². The molecule has 2 aliphatic heterocycles. The minimum Gasteiger partial charge on any atom is -0.354 e. The Morgan fingerprint density at radius 2 is 1.92 bits per heavy atom. The molecule has 0 bridgehead atoms. The van der Waals surface area contributed by atoms with Crippen LogP contribution in [0.2, 0.25) is 0 Å². The largest absolute Gasteiger partial charge is 0.354 e. The second-order valence-corrected chi connectivity index (χ2v) is 7.20. The zero-order valence-corrected chi connectivity index (χ0v) is 15.0. The van der Waals surface area contributed by atoms with Gasteiger partial charge < -0.3 is 4.90 Å². The first-order valence-corrected chi connectivity index (χ1v) is 9.67. The van der Waals surface area contributed by atoms with Crippen LogP contribution in [0, 0.1) is 0 Å². The molecule has 0 aromatic carbocycles. The molecule has 0 saturated carbocycles. The number of nitrogens with zero attached hydrogens (tertiary/aromatic N) is 6. The number of anilines is 1. The molecule has 4 heterocycles. The average Bonchev–Trinajstić information content (AvgIpc) is 3.14. The van der Waals surface area contributed by atoms with Crippen molar-refractivity contribution in [2.45, 2.75) is 26.4 Å². The third kappa shape index (κ3) is 3.29. The molecule has 24 heavy (non-hydrogen) atoms. The molecule has 0 spiro atoms. The Balaban J connectivity index is 1.44. The highest BCUT2D eigenvalue weighted by Gasteiger charge is 2.25. The normalized spacial score (nSPS) is 19.5. The molecule has 6 nitrogen and oxygen atoms in total. The van der Waals surface area contributed by atoms with E-state index in [0.717, 1.165) is 64.6 Å². The lowest BCUT2D eigenvalue weighted by Crippen LogP contribution is -2.47. The van der Waals surface area contributed by atoms with E-state index in [2.05, 4.69) is 42.0 Å². The van der Waals surface area contributed by atoms with Crippen LogP contribution in [0.4, 0.5) is 5.82 Å². The number of piperazine rings is 1. The molecule has 1 fully saturated rings. The van der Waals surface area contributed by atoms with Crippen molar-refractivity contribution in [3.8, 4) is 0 Å². The van der Waals surface area contributed by atoms with Crippen molar-refractivity contribution in [3.63, 3.8) is 0 Å². The minimum atomic E-state index is 0.961. The maximum atomic E-state index is 4.64. The van der Waals surface area contributed by atoms with E-state index >= 15 is 0 Å². The third-order valence-electron chi connectivity index (χ3n) is 5.05. The number of aromatic nitrogens is 3. The van der Waals surface area contributed by atoms with Crippen molar-refractivity contribution < 1.29 is 0 Å². The number of thiazole rings is 1. The summed E-state index contributed by atoms with van der Waals surface area (Å²) in [6, 6.07) is 0. The van der Waals surface area contributed by atoms with Crippen molar-refractivity contribution in [1.29, 1.82) is 0 Å². The molecule has 2 aliphatic rings. The Kier molecular flexibility index (Phi) is 4.73. The number of likely N-dealkylation sites (N-methyl/N-ethyl adjacent to an activating group) is 1. The van der Waals surface area contributed by atoms with E-state index in [-0.39, 0.29) is 0 Å². The molecule has 0 amide bonds. The van der Waals surface area contributed by atoms with Crippen LogP contribution in [0.25, 0.3) is 0 Å². The number of hydrogen-bond donors (Lipinski definition) is 0. The zero-order valence-electron chi connectivity index (χ0n) is 14.2. The summed E-state index contributed by atoms with van der Waals surface area (Å²) in [6.45, 7) is 10.6. The Labute approximate surface area is 147 Å². The monoisotopic (exact) mass is 344 g/mol. The summed E-state index contributed by atoms with van der Waals surface area (Å²) in [6.07, 6.45) is 2.79. The summed E-state index contributed by atoms with van der Waals surface area (Å²) in [5.41, 5.74) is 5.69. The molecule has 1 saturated heterocycles. The summed E-state index contributed by atoms with van der Waals surface area (Å²) in [7, 11) is 0. The fraction of sp³-hybridized carbons (Fsp3) is 0.588. The topological polar surface area (TPSA) is 48.4 Å². The molecule has 2 aromatic heterocycles. The van der Waals surface area contributed by atoms with E-state index in [1.807, 2.05) is 5.51 Å². The first-order valence-electron chi connectivity index (χ1n) is 8.73. The van der Waals surface area contributed by atoms with E-state index in [0.29, 0.717) is 0 Å². The quantitative estimate of drug-likeness (QED) is 0.840. The second kappa shape index (κ2) is 7.13. The van der Waals surface area contributed by atoms with Crippen molar-refractivity contribution >= 4 is 17.2 Å². The summed E-state index contributed by atoms with van der Waals surface area (Å²) >= 11 is 1.67. The van der Waals surface area contributed by atoms with Gasteiger partial charge in [0, 0.05) is 63.2 Å². The Morgan fingerprint density at radius 1 is 1.04 bits per heavy atom. The van der Waals surface area contributed by atoms with Crippen molar-refractivity contribution in [1.82, 2.24) is 24.8 Å². The lowest BCUT2D eigenvalue weighted by Gasteiger charge is -2.37. The predicted octanol–water partition coefficient (Wildman–Crippen LogP) is 1.63. The maximum Gasteiger partial charge on any atom is 0.136 e. The van der Waals surface area contributed by atoms with Crippen LogP contribution in [-0.4, -0.2) is 64.0 Å². The molecule has 0 atom stereocenters. The van der Waals surface area contributed by atoms with Crippen LogP contribution < -0.4 is 4.90 Å². The van der Waals surface area contributed by atoms with Crippen LogP contribution in [0.1, 0.15) is 23.9 Å². The standard InChI is InChI=1S/C17H24N6S/c1-2-21-4-3-16-15(10-21)17(19-12-18-16)23-7-5-22(6-8-23)9-14-11-24-13-20-14/h11-13H,2-10H2,1H3. The highest BCUT2D eigenvalue weighted by Crippen LogP contribution is 2.26. The lowest BCUT2D eigenvalue weighted by molar-refractivity contribution is 0.244. The molecule has 0 N–H and O–H groups in total. The van der Waals surface area contributed by atoms with Crippen LogP contribution in [0.15, 0.2) is 17.2 Å². The number of rotatable bonds is 4.